The molecule has 108 valence electrons. The maximum Gasteiger partial charge on any atom is 0.148 e. The van der Waals surface area contributed by atoms with E-state index in [0.717, 1.165) is 12.1 Å². The average molecular weight is 324 g/mol. The molecule has 0 aromatic heterocycles. The van der Waals surface area contributed by atoms with Crippen LogP contribution < -0.4 is 0 Å². The zero-order valence-corrected chi connectivity index (χ0v) is 13.7. The first-order chi connectivity index (χ1) is 8.73. The third-order valence-corrected chi connectivity index (χ3v) is 4.64. The summed E-state index contributed by atoms with van der Waals surface area (Å²) in [5.41, 5.74) is 0.952. The fourth-order valence-electron chi connectivity index (χ4n) is 1.99. The number of benzene rings is 1. The van der Waals surface area contributed by atoms with Gasteiger partial charge in [-0.2, -0.15) is 0 Å². The highest BCUT2D eigenvalue weighted by atomic mass is 35.5. The molecule has 6 heteroatoms. The van der Waals surface area contributed by atoms with E-state index < -0.39 is 9.84 Å². The van der Waals surface area contributed by atoms with Crippen molar-refractivity contribution < 1.29 is 8.42 Å². The van der Waals surface area contributed by atoms with E-state index in [1.54, 1.807) is 12.1 Å². The van der Waals surface area contributed by atoms with Crippen LogP contribution in [-0.2, 0) is 16.4 Å². The third-order valence-electron chi connectivity index (χ3n) is 2.96. The minimum atomic E-state index is -2.98. The lowest BCUT2D eigenvalue weighted by Gasteiger charge is -2.27. The molecule has 0 N–H and O–H groups in total. The van der Waals surface area contributed by atoms with E-state index in [2.05, 4.69) is 4.90 Å². The van der Waals surface area contributed by atoms with E-state index in [1.165, 1.54) is 6.26 Å². The minimum Gasteiger partial charge on any atom is -0.296 e. The van der Waals surface area contributed by atoms with Crippen molar-refractivity contribution in [2.75, 3.05) is 18.6 Å². The first kappa shape index (κ1) is 16.8. The first-order valence-electron chi connectivity index (χ1n) is 6.08. The summed E-state index contributed by atoms with van der Waals surface area (Å²) < 4.78 is 22.7. The van der Waals surface area contributed by atoms with Crippen LogP contribution >= 0.6 is 23.2 Å². The van der Waals surface area contributed by atoms with Crippen molar-refractivity contribution in [1.82, 2.24) is 4.90 Å². The fraction of sp³-hybridized carbons (Fsp3) is 0.538. The summed E-state index contributed by atoms with van der Waals surface area (Å²) in [5, 5.41) is 1.21. The van der Waals surface area contributed by atoms with Gasteiger partial charge in [0.2, 0.25) is 0 Å². The van der Waals surface area contributed by atoms with Gasteiger partial charge in [-0.1, -0.05) is 36.2 Å². The van der Waals surface area contributed by atoms with Gasteiger partial charge in [-0.05, 0) is 31.2 Å². The van der Waals surface area contributed by atoms with E-state index >= 15 is 0 Å². The van der Waals surface area contributed by atoms with E-state index in [1.807, 2.05) is 19.9 Å². The molecule has 0 aliphatic heterocycles. The summed E-state index contributed by atoms with van der Waals surface area (Å²) >= 11 is 12.0. The third kappa shape index (κ3) is 5.69. The van der Waals surface area contributed by atoms with Crippen LogP contribution in [0.5, 0.6) is 0 Å². The van der Waals surface area contributed by atoms with Crippen LogP contribution in [0, 0.1) is 0 Å². The predicted molar refractivity (Wildman–Crippen MR) is 81.7 cm³/mol. The molecule has 0 radical (unpaired) electrons. The lowest BCUT2D eigenvalue weighted by Crippen LogP contribution is -2.37. The Morgan fingerprint density at radius 1 is 1.32 bits per heavy atom. The fourth-order valence-corrected chi connectivity index (χ4v) is 3.55. The maximum absolute atomic E-state index is 11.4. The summed E-state index contributed by atoms with van der Waals surface area (Å²) in [5.74, 6) is 0.145. The molecule has 1 rings (SSSR count). The van der Waals surface area contributed by atoms with Crippen LogP contribution in [-0.4, -0.2) is 37.9 Å². The summed E-state index contributed by atoms with van der Waals surface area (Å²) in [6.45, 7) is 5.29. The van der Waals surface area contributed by atoms with Gasteiger partial charge in [-0.3, -0.25) is 4.90 Å². The second-order valence-electron chi connectivity index (χ2n) is 4.74. The topological polar surface area (TPSA) is 37.4 Å². The number of halogens is 2. The highest BCUT2D eigenvalue weighted by molar-refractivity contribution is 7.90. The molecule has 0 spiro atoms. The summed E-state index contributed by atoms with van der Waals surface area (Å²) in [7, 11) is -2.98. The van der Waals surface area contributed by atoms with Crippen LogP contribution in [0.25, 0.3) is 0 Å². The van der Waals surface area contributed by atoms with E-state index in [-0.39, 0.29) is 11.8 Å². The van der Waals surface area contributed by atoms with Gasteiger partial charge in [-0.25, -0.2) is 8.42 Å². The van der Waals surface area contributed by atoms with Crippen LogP contribution in [0.4, 0.5) is 0 Å². The van der Waals surface area contributed by atoms with Gasteiger partial charge in [-0.15, -0.1) is 0 Å². The highest BCUT2D eigenvalue weighted by Gasteiger charge is 2.18. The van der Waals surface area contributed by atoms with Crippen molar-refractivity contribution in [1.29, 1.82) is 0 Å². The minimum absolute atomic E-state index is 0.0493. The molecule has 0 bridgehead atoms. The lowest BCUT2D eigenvalue weighted by atomic mass is 10.2. The van der Waals surface area contributed by atoms with Gasteiger partial charge in [0.05, 0.1) is 5.75 Å². The number of nitrogens with zero attached hydrogens (tertiary/aromatic N) is 1. The number of rotatable bonds is 6. The molecule has 1 aromatic rings. The molecule has 0 saturated heterocycles. The SMILES string of the molecule is CCN(Cc1ccc(Cl)cc1Cl)C(C)CS(C)(=O)=O. The Labute approximate surface area is 125 Å². The van der Waals surface area contributed by atoms with Crippen LogP contribution in [0.2, 0.25) is 10.0 Å². The molecule has 1 atom stereocenters. The Kier molecular flexibility index (Phi) is 6.12. The second-order valence-corrected chi connectivity index (χ2v) is 7.77. The Bertz CT molecular complexity index is 531. The van der Waals surface area contributed by atoms with Crippen molar-refractivity contribution >= 4 is 33.0 Å². The highest BCUT2D eigenvalue weighted by Crippen LogP contribution is 2.23. The zero-order chi connectivity index (χ0) is 14.6. The molecule has 0 amide bonds. The largest absolute Gasteiger partial charge is 0.296 e. The molecule has 3 nitrogen and oxygen atoms in total. The Hall–Kier alpha value is -0.290. The van der Waals surface area contributed by atoms with Crippen molar-refractivity contribution in [2.24, 2.45) is 0 Å². The van der Waals surface area contributed by atoms with Gasteiger partial charge in [0, 0.05) is 28.9 Å². The van der Waals surface area contributed by atoms with Crippen molar-refractivity contribution in [2.45, 2.75) is 26.4 Å². The standard InChI is InChI=1S/C13H19Cl2NO2S/c1-4-16(10(2)9-19(3,17)18)8-11-5-6-12(14)7-13(11)15/h5-7,10H,4,8-9H2,1-3H3. The number of hydrogen-bond donors (Lipinski definition) is 0. The summed E-state index contributed by atoms with van der Waals surface area (Å²) in [4.78, 5) is 2.08. The molecule has 1 unspecified atom stereocenters. The normalized spacial score (nSPS) is 13.8. The van der Waals surface area contributed by atoms with Gasteiger partial charge in [0.15, 0.2) is 0 Å². The molecule has 0 fully saturated rings. The smallest absolute Gasteiger partial charge is 0.148 e. The van der Waals surface area contributed by atoms with Crippen LogP contribution in [0.15, 0.2) is 18.2 Å². The maximum atomic E-state index is 11.4. The number of hydrogen-bond acceptors (Lipinski definition) is 3. The summed E-state index contributed by atoms with van der Waals surface area (Å²) in [6.07, 6.45) is 1.26. The van der Waals surface area contributed by atoms with E-state index in [0.29, 0.717) is 16.6 Å². The lowest BCUT2D eigenvalue weighted by molar-refractivity contribution is 0.226. The molecule has 1 aromatic carbocycles. The van der Waals surface area contributed by atoms with E-state index in [9.17, 15) is 8.42 Å². The Morgan fingerprint density at radius 2 is 1.95 bits per heavy atom. The van der Waals surface area contributed by atoms with Crippen LogP contribution in [0.1, 0.15) is 19.4 Å². The Morgan fingerprint density at radius 3 is 2.42 bits per heavy atom. The molecule has 0 heterocycles. The van der Waals surface area contributed by atoms with Crippen molar-refractivity contribution in [3.63, 3.8) is 0 Å². The van der Waals surface area contributed by atoms with Crippen molar-refractivity contribution in [3.8, 4) is 0 Å². The molecular formula is C13H19Cl2NO2S. The van der Waals surface area contributed by atoms with Crippen molar-refractivity contribution in [3.05, 3.63) is 33.8 Å². The average Bonchev–Trinajstić information content (AvgIpc) is 2.25. The van der Waals surface area contributed by atoms with Gasteiger partial charge in [0.25, 0.3) is 0 Å². The van der Waals surface area contributed by atoms with Gasteiger partial charge in [0.1, 0.15) is 9.84 Å². The molecule has 0 aliphatic carbocycles. The number of sulfone groups is 1. The van der Waals surface area contributed by atoms with Gasteiger partial charge >= 0.3 is 0 Å². The van der Waals surface area contributed by atoms with Crippen LogP contribution in [0.3, 0.4) is 0 Å². The predicted octanol–water partition coefficient (Wildman–Crippen LogP) is 3.25. The van der Waals surface area contributed by atoms with Gasteiger partial charge < -0.3 is 0 Å². The second kappa shape index (κ2) is 6.93. The first-order valence-corrected chi connectivity index (χ1v) is 8.90. The zero-order valence-electron chi connectivity index (χ0n) is 11.4. The monoisotopic (exact) mass is 323 g/mol. The quantitative estimate of drug-likeness (QED) is 0.806. The Balaban J connectivity index is 2.81. The molecule has 0 saturated carbocycles. The molecular weight excluding hydrogens is 305 g/mol. The summed E-state index contributed by atoms with van der Waals surface area (Å²) in [6, 6.07) is 5.32. The molecule has 19 heavy (non-hydrogen) atoms. The molecule has 0 aliphatic rings. The van der Waals surface area contributed by atoms with E-state index in [4.69, 9.17) is 23.2 Å².